The number of anilines is 1. The third-order valence-electron chi connectivity index (χ3n) is 2.45. The van der Waals surface area contributed by atoms with Crippen molar-refractivity contribution in [1.29, 1.82) is 5.26 Å². The number of aliphatic carboxylic acids is 1. The molecule has 100 valence electrons. The molecule has 0 aliphatic carbocycles. The molecule has 1 aromatic heterocycles. The van der Waals surface area contributed by atoms with Crippen molar-refractivity contribution in [1.82, 2.24) is 4.98 Å². The maximum absolute atomic E-state index is 11.0. The molecular formula is C11H12N4O4. The summed E-state index contributed by atoms with van der Waals surface area (Å²) in [5.74, 6) is -0.914. The van der Waals surface area contributed by atoms with Crippen molar-refractivity contribution in [2.45, 2.75) is 13.3 Å². The first-order valence-electron chi connectivity index (χ1n) is 5.50. The number of rotatable bonds is 6. The highest BCUT2D eigenvalue weighted by molar-refractivity contribution is 5.68. The molecule has 19 heavy (non-hydrogen) atoms. The van der Waals surface area contributed by atoms with Gasteiger partial charge in [0, 0.05) is 25.4 Å². The second-order valence-corrected chi connectivity index (χ2v) is 3.66. The molecule has 1 aromatic rings. The zero-order valence-corrected chi connectivity index (χ0v) is 10.2. The summed E-state index contributed by atoms with van der Waals surface area (Å²) in [6, 6.07) is 2.91. The van der Waals surface area contributed by atoms with Crippen LogP contribution in [0.15, 0.2) is 12.3 Å². The van der Waals surface area contributed by atoms with E-state index in [0.29, 0.717) is 6.54 Å². The van der Waals surface area contributed by atoms with E-state index in [1.165, 1.54) is 11.1 Å². The van der Waals surface area contributed by atoms with Crippen LogP contribution in [0.3, 0.4) is 0 Å². The van der Waals surface area contributed by atoms with Crippen LogP contribution in [-0.4, -0.2) is 34.1 Å². The summed E-state index contributed by atoms with van der Waals surface area (Å²) in [6.07, 6.45) is 1.08. The van der Waals surface area contributed by atoms with Crippen LogP contribution in [0.25, 0.3) is 0 Å². The summed E-state index contributed by atoms with van der Waals surface area (Å²) in [5.41, 5.74) is -0.212. The van der Waals surface area contributed by atoms with Crippen molar-refractivity contribution < 1.29 is 14.8 Å². The Morgan fingerprint density at radius 2 is 2.37 bits per heavy atom. The van der Waals surface area contributed by atoms with E-state index in [-0.39, 0.29) is 30.0 Å². The number of nitriles is 1. The Morgan fingerprint density at radius 3 is 2.84 bits per heavy atom. The molecule has 0 amide bonds. The largest absolute Gasteiger partial charge is 0.481 e. The van der Waals surface area contributed by atoms with Crippen LogP contribution in [0.2, 0.25) is 0 Å². The number of carboxylic acids is 1. The lowest BCUT2D eigenvalue weighted by Gasteiger charge is -2.20. The molecule has 8 nitrogen and oxygen atoms in total. The number of nitro groups is 1. The Balaban J connectivity index is 3.12. The minimum Gasteiger partial charge on any atom is -0.481 e. The Hall–Kier alpha value is -2.69. The topological polar surface area (TPSA) is 120 Å². The standard InChI is InChI=1S/C11H12N4O4/c1-2-14(4-3-10(16)17)11-9(15(18)19)5-8(6-12)7-13-11/h5,7H,2-4H2,1H3,(H,16,17). The molecule has 1 heterocycles. The van der Waals surface area contributed by atoms with Crippen molar-refractivity contribution in [3.63, 3.8) is 0 Å². The highest BCUT2D eigenvalue weighted by atomic mass is 16.6. The first kappa shape index (κ1) is 14.4. The van der Waals surface area contributed by atoms with Gasteiger partial charge in [-0.2, -0.15) is 5.26 Å². The summed E-state index contributed by atoms with van der Waals surface area (Å²) in [5, 5.41) is 28.3. The van der Waals surface area contributed by atoms with Crippen LogP contribution in [0.1, 0.15) is 18.9 Å². The maximum Gasteiger partial charge on any atom is 0.312 e. The number of hydrogen-bond donors (Lipinski definition) is 1. The number of carboxylic acid groups (broad SMARTS) is 1. The van der Waals surface area contributed by atoms with E-state index < -0.39 is 10.9 Å². The van der Waals surface area contributed by atoms with E-state index in [4.69, 9.17) is 10.4 Å². The molecular weight excluding hydrogens is 252 g/mol. The van der Waals surface area contributed by atoms with Crippen LogP contribution in [-0.2, 0) is 4.79 Å². The zero-order chi connectivity index (χ0) is 14.4. The quantitative estimate of drug-likeness (QED) is 0.604. The number of nitrogens with zero attached hydrogens (tertiary/aromatic N) is 4. The monoisotopic (exact) mass is 264 g/mol. The van der Waals surface area contributed by atoms with Crippen LogP contribution in [0, 0.1) is 21.4 Å². The van der Waals surface area contributed by atoms with Gasteiger partial charge in [-0.15, -0.1) is 0 Å². The van der Waals surface area contributed by atoms with Crippen molar-refractivity contribution in [2.75, 3.05) is 18.0 Å². The van der Waals surface area contributed by atoms with Gasteiger partial charge in [-0.3, -0.25) is 14.9 Å². The van der Waals surface area contributed by atoms with Crippen molar-refractivity contribution in [3.05, 3.63) is 27.9 Å². The molecule has 0 unspecified atom stereocenters. The van der Waals surface area contributed by atoms with Crippen molar-refractivity contribution >= 4 is 17.5 Å². The number of carbonyl (C=O) groups is 1. The van der Waals surface area contributed by atoms with Crippen LogP contribution in [0.5, 0.6) is 0 Å². The molecule has 0 radical (unpaired) electrons. The van der Waals surface area contributed by atoms with Crippen LogP contribution in [0.4, 0.5) is 11.5 Å². The maximum atomic E-state index is 11.0. The predicted molar refractivity (Wildman–Crippen MR) is 65.7 cm³/mol. The summed E-state index contributed by atoms with van der Waals surface area (Å²) < 4.78 is 0. The van der Waals surface area contributed by atoms with Crippen molar-refractivity contribution in [2.24, 2.45) is 0 Å². The van der Waals surface area contributed by atoms with Gasteiger partial charge in [0.15, 0.2) is 0 Å². The molecule has 0 spiro atoms. The van der Waals surface area contributed by atoms with Gasteiger partial charge in [0.1, 0.15) is 6.07 Å². The van der Waals surface area contributed by atoms with Gasteiger partial charge in [0.2, 0.25) is 5.82 Å². The van der Waals surface area contributed by atoms with Gasteiger partial charge in [-0.05, 0) is 6.92 Å². The normalized spacial score (nSPS) is 9.68. The minimum absolute atomic E-state index is 0.0766. The van der Waals surface area contributed by atoms with Gasteiger partial charge in [-0.25, -0.2) is 4.98 Å². The average Bonchev–Trinajstić information content (AvgIpc) is 2.39. The Kier molecular flexibility index (Phi) is 4.76. The summed E-state index contributed by atoms with van der Waals surface area (Å²) in [4.78, 5) is 26.3. The van der Waals surface area contributed by atoms with Crippen molar-refractivity contribution in [3.8, 4) is 6.07 Å². The molecule has 0 aliphatic rings. The first-order valence-corrected chi connectivity index (χ1v) is 5.50. The fourth-order valence-electron chi connectivity index (χ4n) is 1.53. The Bertz CT molecular complexity index is 538. The Morgan fingerprint density at radius 1 is 1.68 bits per heavy atom. The zero-order valence-electron chi connectivity index (χ0n) is 10.2. The highest BCUT2D eigenvalue weighted by Gasteiger charge is 2.21. The van der Waals surface area contributed by atoms with E-state index in [0.717, 1.165) is 6.07 Å². The lowest BCUT2D eigenvalue weighted by atomic mass is 10.2. The Labute approximate surface area is 109 Å². The fourth-order valence-corrected chi connectivity index (χ4v) is 1.53. The van der Waals surface area contributed by atoms with Crippen LogP contribution < -0.4 is 4.90 Å². The lowest BCUT2D eigenvalue weighted by molar-refractivity contribution is -0.384. The molecule has 1 N–H and O–H groups in total. The summed E-state index contributed by atoms with van der Waals surface area (Å²) >= 11 is 0. The number of pyridine rings is 1. The summed E-state index contributed by atoms with van der Waals surface area (Å²) in [6.45, 7) is 2.24. The van der Waals surface area contributed by atoms with Gasteiger partial charge < -0.3 is 10.0 Å². The molecule has 0 aromatic carbocycles. The highest BCUT2D eigenvalue weighted by Crippen LogP contribution is 2.26. The van der Waals surface area contributed by atoms with E-state index in [1.54, 1.807) is 13.0 Å². The molecule has 0 bridgehead atoms. The van der Waals surface area contributed by atoms with E-state index in [1.807, 2.05) is 0 Å². The average molecular weight is 264 g/mol. The molecule has 0 atom stereocenters. The van der Waals surface area contributed by atoms with Gasteiger partial charge in [0.25, 0.3) is 0 Å². The second-order valence-electron chi connectivity index (χ2n) is 3.66. The summed E-state index contributed by atoms with van der Waals surface area (Å²) in [7, 11) is 0. The van der Waals surface area contributed by atoms with Gasteiger partial charge in [0.05, 0.1) is 16.9 Å². The van der Waals surface area contributed by atoms with Gasteiger partial charge >= 0.3 is 11.7 Å². The number of hydrogen-bond acceptors (Lipinski definition) is 6. The van der Waals surface area contributed by atoms with Crippen LogP contribution >= 0.6 is 0 Å². The number of aromatic nitrogens is 1. The molecule has 8 heteroatoms. The smallest absolute Gasteiger partial charge is 0.312 e. The molecule has 0 saturated heterocycles. The van der Waals surface area contributed by atoms with E-state index in [2.05, 4.69) is 4.98 Å². The molecule has 0 fully saturated rings. The third-order valence-corrected chi connectivity index (χ3v) is 2.45. The predicted octanol–water partition coefficient (Wildman–Crippen LogP) is 1.16. The molecule has 1 rings (SSSR count). The van der Waals surface area contributed by atoms with Gasteiger partial charge in [-0.1, -0.05) is 0 Å². The minimum atomic E-state index is -0.991. The third kappa shape index (κ3) is 3.64. The van der Waals surface area contributed by atoms with E-state index in [9.17, 15) is 14.9 Å². The second kappa shape index (κ2) is 6.30. The fraction of sp³-hybridized carbons (Fsp3) is 0.364. The first-order chi connectivity index (χ1) is 8.99. The molecule has 0 aliphatic heterocycles. The molecule has 0 saturated carbocycles. The lowest BCUT2D eigenvalue weighted by Crippen LogP contribution is -2.27. The van der Waals surface area contributed by atoms with E-state index >= 15 is 0 Å². The SMILES string of the molecule is CCN(CCC(=O)O)c1ncc(C#N)cc1[N+](=O)[O-].